The highest BCUT2D eigenvalue weighted by Gasteiger charge is 2.30. The highest BCUT2D eigenvalue weighted by Crippen LogP contribution is 2.32. The average Bonchev–Trinajstić information content (AvgIpc) is 2.55. The van der Waals surface area contributed by atoms with E-state index in [-0.39, 0.29) is 34.7 Å². The monoisotopic (exact) mass is 354 g/mol. The summed E-state index contributed by atoms with van der Waals surface area (Å²) in [6, 6.07) is 2.91. The summed E-state index contributed by atoms with van der Waals surface area (Å²) in [6.45, 7) is 1.99. The second-order valence-corrected chi connectivity index (χ2v) is 6.05. The van der Waals surface area contributed by atoms with Crippen LogP contribution in [0.1, 0.15) is 30.1 Å². The normalized spacial score (nSPS) is 17.3. The molecule has 2 amide bonds. The fourth-order valence-corrected chi connectivity index (χ4v) is 2.92. The maximum atomic E-state index is 12.7. The number of methoxy groups -OCH3 is 1. The maximum absolute atomic E-state index is 12.7. The standard InChI is InChI=1S/C16H19ClN2O5/c1-9(20)18-13-7-14(24-2)11(6-12(13)17)15(21)19-5-3-4-10(8-19)16(22)23/h6-7,10H,3-5,8H2,1-2H3,(H,18,20)(H,22,23)/t10-/m1/s1. The summed E-state index contributed by atoms with van der Waals surface area (Å²) in [4.78, 5) is 36.6. The molecule has 130 valence electrons. The molecule has 1 fully saturated rings. The number of carbonyl (C=O) groups excluding carboxylic acids is 2. The fourth-order valence-electron chi connectivity index (χ4n) is 2.71. The highest BCUT2D eigenvalue weighted by molar-refractivity contribution is 6.34. The number of nitrogens with zero attached hydrogens (tertiary/aromatic N) is 1. The predicted molar refractivity (Wildman–Crippen MR) is 88.6 cm³/mol. The molecule has 1 aromatic carbocycles. The first kappa shape index (κ1) is 18.1. The lowest BCUT2D eigenvalue weighted by Crippen LogP contribution is -2.42. The molecule has 0 aromatic heterocycles. The lowest BCUT2D eigenvalue weighted by molar-refractivity contribution is -0.143. The quantitative estimate of drug-likeness (QED) is 0.864. The van der Waals surface area contributed by atoms with Crippen molar-refractivity contribution in [3.05, 3.63) is 22.7 Å². The molecule has 0 unspecified atom stereocenters. The van der Waals surface area contributed by atoms with Crippen LogP contribution in [0.4, 0.5) is 5.69 Å². The molecule has 1 heterocycles. The van der Waals surface area contributed by atoms with Crippen molar-refractivity contribution in [2.24, 2.45) is 5.92 Å². The number of rotatable bonds is 4. The largest absolute Gasteiger partial charge is 0.496 e. The van der Waals surface area contributed by atoms with Crippen molar-refractivity contribution >= 4 is 35.1 Å². The molecular weight excluding hydrogens is 336 g/mol. The fraction of sp³-hybridized carbons (Fsp3) is 0.438. The molecule has 1 atom stereocenters. The zero-order chi connectivity index (χ0) is 17.9. The van der Waals surface area contributed by atoms with E-state index in [1.54, 1.807) is 0 Å². The zero-order valence-electron chi connectivity index (χ0n) is 13.5. The van der Waals surface area contributed by atoms with E-state index in [1.165, 1.54) is 31.1 Å². The Hall–Kier alpha value is -2.28. The van der Waals surface area contributed by atoms with Crippen molar-refractivity contribution in [3.8, 4) is 5.75 Å². The lowest BCUT2D eigenvalue weighted by atomic mass is 9.97. The van der Waals surface area contributed by atoms with Gasteiger partial charge in [-0.05, 0) is 18.9 Å². The van der Waals surface area contributed by atoms with Gasteiger partial charge < -0.3 is 20.1 Å². The van der Waals surface area contributed by atoms with Crippen LogP contribution in [-0.4, -0.2) is 48.0 Å². The summed E-state index contributed by atoms with van der Waals surface area (Å²) in [6.07, 6.45) is 1.18. The highest BCUT2D eigenvalue weighted by atomic mass is 35.5. The minimum atomic E-state index is -0.904. The number of amides is 2. The van der Waals surface area contributed by atoms with Crippen molar-refractivity contribution in [1.82, 2.24) is 4.90 Å². The van der Waals surface area contributed by atoms with E-state index in [0.29, 0.717) is 25.1 Å². The van der Waals surface area contributed by atoms with Crippen molar-refractivity contribution < 1.29 is 24.2 Å². The number of piperidine rings is 1. The molecule has 1 saturated heterocycles. The van der Waals surface area contributed by atoms with Gasteiger partial charge in [-0.25, -0.2) is 0 Å². The SMILES string of the molecule is COc1cc(NC(C)=O)c(Cl)cc1C(=O)N1CCC[C@@H](C(=O)O)C1. The summed E-state index contributed by atoms with van der Waals surface area (Å²) >= 11 is 6.13. The summed E-state index contributed by atoms with van der Waals surface area (Å²) in [5.74, 6) is -1.83. The Morgan fingerprint density at radius 3 is 2.67 bits per heavy atom. The number of nitrogens with one attached hydrogen (secondary N) is 1. The molecule has 2 rings (SSSR count). The van der Waals surface area contributed by atoms with Crippen molar-refractivity contribution in [2.75, 3.05) is 25.5 Å². The molecule has 0 aliphatic carbocycles. The molecule has 2 N–H and O–H groups in total. The van der Waals surface area contributed by atoms with Crippen LogP contribution < -0.4 is 10.1 Å². The second kappa shape index (κ2) is 7.53. The van der Waals surface area contributed by atoms with Crippen molar-refractivity contribution in [3.63, 3.8) is 0 Å². The van der Waals surface area contributed by atoms with Crippen LogP contribution in [-0.2, 0) is 9.59 Å². The van der Waals surface area contributed by atoms with Gasteiger partial charge in [0.25, 0.3) is 5.91 Å². The van der Waals surface area contributed by atoms with Crippen molar-refractivity contribution in [1.29, 1.82) is 0 Å². The van der Waals surface area contributed by atoms with Crippen LogP contribution in [0.3, 0.4) is 0 Å². The van der Waals surface area contributed by atoms with Gasteiger partial charge in [-0.3, -0.25) is 14.4 Å². The number of benzene rings is 1. The second-order valence-electron chi connectivity index (χ2n) is 5.64. The first-order valence-corrected chi connectivity index (χ1v) is 7.88. The van der Waals surface area contributed by atoms with Crippen LogP contribution in [0.15, 0.2) is 12.1 Å². The third-order valence-electron chi connectivity index (χ3n) is 3.89. The van der Waals surface area contributed by atoms with Gasteiger partial charge in [0.2, 0.25) is 5.91 Å². The first-order chi connectivity index (χ1) is 11.3. The van der Waals surface area contributed by atoms with E-state index in [2.05, 4.69) is 5.32 Å². The van der Waals surface area contributed by atoms with Crippen LogP contribution in [0.2, 0.25) is 5.02 Å². The predicted octanol–water partition coefficient (Wildman–Crippen LogP) is 2.24. The van der Waals surface area contributed by atoms with Crippen LogP contribution in [0.5, 0.6) is 5.75 Å². The molecule has 7 nitrogen and oxygen atoms in total. The summed E-state index contributed by atoms with van der Waals surface area (Å²) in [5, 5.41) is 11.9. The molecule has 0 radical (unpaired) electrons. The molecular formula is C16H19ClN2O5. The number of carboxylic acid groups (broad SMARTS) is 1. The van der Waals surface area contributed by atoms with Gasteiger partial charge in [0.1, 0.15) is 5.75 Å². The zero-order valence-corrected chi connectivity index (χ0v) is 14.2. The Kier molecular flexibility index (Phi) is 5.66. The van der Waals surface area contributed by atoms with Crippen LogP contribution in [0.25, 0.3) is 0 Å². The van der Waals surface area contributed by atoms with E-state index in [0.717, 1.165) is 0 Å². The van der Waals surface area contributed by atoms with Gasteiger partial charge in [0, 0.05) is 26.1 Å². The Morgan fingerprint density at radius 1 is 1.38 bits per heavy atom. The molecule has 0 bridgehead atoms. The number of halogens is 1. The third kappa shape index (κ3) is 3.97. The average molecular weight is 355 g/mol. The Morgan fingerprint density at radius 2 is 2.08 bits per heavy atom. The topological polar surface area (TPSA) is 95.9 Å². The molecule has 1 aliphatic rings. The number of aliphatic carboxylic acids is 1. The lowest BCUT2D eigenvalue weighted by Gasteiger charge is -2.31. The van der Waals surface area contributed by atoms with Gasteiger partial charge >= 0.3 is 5.97 Å². The van der Waals surface area contributed by atoms with E-state index in [9.17, 15) is 14.4 Å². The Balaban J connectivity index is 2.29. The van der Waals surface area contributed by atoms with Gasteiger partial charge in [-0.1, -0.05) is 11.6 Å². The Labute approximate surface area is 144 Å². The van der Waals surface area contributed by atoms with Gasteiger partial charge in [-0.2, -0.15) is 0 Å². The number of anilines is 1. The van der Waals surface area contributed by atoms with Gasteiger partial charge in [0.05, 0.1) is 29.3 Å². The summed E-state index contributed by atoms with van der Waals surface area (Å²) < 4.78 is 5.24. The van der Waals surface area contributed by atoms with E-state index in [4.69, 9.17) is 21.4 Å². The smallest absolute Gasteiger partial charge is 0.308 e. The van der Waals surface area contributed by atoms with E-state index in [1.807, 2.05) is 0 Å². The van der Waals surface area contributed by atoms with E-state index < -0.39 is 11.9 Å². The first-order valence-electron chi connectivity index (χ1n) is 7.50. The summed E-state index contributed by atoms with van der Waals surface area (Å²) in [7, 11) is 1.41. The van der Waals surface area contributed by atoms with E-state index >= 15 is 0 Å². The number of likely N-dealkylation sites (tertiary alicyclic amines) is 1. The molecule has 24 heavy (non-hydrogen) atoms. The molecule has 1 aliphatic heterocycles. The molecule has 1 aromatic rings. The minimum absolute atomic E-state index is 0.155. The maximum Gasteiger partial charge on any atom is 0.308 e. The molecule has 0 saturated carbocycles. The number of hydrogen-bond donors (Lipinski definition) is 2. The Bertz CT molecular complexity index is 677. The number of hydrogen-bond acceptors (Lipinski definition) is 4. The van der Waals surface area contributed by atoms with Crippen LogP contribution >= 0.6 is 11.6 Å². The number of ether oxygens (including phenoxy) is 1. The third-order valence-corrected chi connectivity index (χ3v) is 4.20. The van der Waals surface area contributed by atoms with Gasteiger partial charge in [-0.15, -0.1) is 0 Å². The number of carbonyl (C=O) groups is 3. The van der Waals surface area contributed by atoms with Gasteiger partial charge in [0.15, 0.2) is 0 Å². The molecule has 8 heteroatoms. The van der Waals surface area contributed by atoms with Crippen molar-refractivity contribution in [2.45, 2.75) is 19.8 Å². The molecule has 0 spiro atoms. The minimum Gasteiger partial charge on any atom is -0.496 e. The van der Waals surface area contributed by atoms with Crippen LogP contribution in [0, 0.1) is 5.92 Å². The number of carboxylic acids is 1. The summed E-state index contributed by atoms with van der Waals surface area (Å²) in [5.41, 5.74) is 0.585.